The Morgan fingerprint density at radius 2 is 2.06 bits per heavy atom. The molecule has 1 aliphatic rings. The van der Waals surface area contributed by atoms with Crippen molar-refractivity contribution in [1.29, 1.82) is 0 Å². The highest BCUT2D eigenvalue weighted by molar-refractivity contribution is 5.85. The van der Waals surface area contributed by atoms with Crippen molar-refractivity contribution in [2.24, 2.45) is 11.1 Å². The number of halogens is 1. The zero-order chi connectivity index (χ0) is 11.7. The third-order valence-corrected chi connectivity index (χ3v) is 2.80. The highest BCUT2D eigenvalue weighted by atomic mass is 35.5. The number of carbonyl (C=O) groups is 1. The van der Waals surface area contributed by atoms with Crippen molar-refractivity contribution in [3.8, 4) is 0 Å². The second kappa shape index (κ2) is 5.34. The Hall–Kier alpha value is -0.320. The molecule has 0 radical (unpaired) electrons. The molecule has 0 aliphatic carbocycles. The molecule has 0 spiro atoms. The fraction of sp³-hybridized carbons (Fsp3) is 0.909. The average Bonchev–Trinajstić information content (AvgIpc) is 2.15. The lowest BCUT2D eigenvalue weighted by Gasteiger charge is -2.41. The molecule has 1 heterocycles. The van der Waals surface area contributed by atoms with Crippen molar-refractivity contribution in [2.75, 3.05) is 26.2 Å². The Labute approximate surface area is 104 Å². The number of carbonyl (C=O) groups excluding carboxylic acids is 1. The second-order valence-electron chi connectivity index (χ2n) is 5.42. The summed E-state index contributed by atoms with van der Waals surface area (Å²) in [6, 6.07) is 0. The summed E-state index contributed by atoms with van der Waals surface area (Å²) in [5.41, 5.74) is 4.90. The maximum absolute atomic E-state index is 12.1. The molecule has 0 aromatic heterocycles. The predicted octanol–water partition coefficient (Wildman–Crippen LogP) is 1.03. The number of nitrogens with two attached hydrogens (primary N) is 1. The summed E-state index contributed by atoms with van der Waals surface area (Å²) in [7, 11) is 0. The first-order valence-corrected chi connectivity index (χ1v) is 5.42. The maximum Gasteiger partial charge on any atom is 0.229 e. The number of hydrogen-bond donors (Lipinski definition) is 1. The lowest BCUT2D eigenvalue weighted by molar-refractivity contribution is -0.154. The van der Waals surface area contributed by atoms with E-state index in [1.54, 1.807) is 0 Å². The Bertz CT molecular complexity index is 254. The topological polar surface area (TPSA) is 55.6 Å². The van der Waals surface area contributed by atoms with E-state index in [9.17, 15) is 4.79 Å². The summed E-state index contributed by atoms with van der Waals surface area (Å²) in [5.74, 6) is 0.126. The van der Waals surface area contributed by atoms with Gasteiger partial charge in [0.15, 0.2) is 0 Å². The first-order valence-electron chi connectivity index (χ1n) is 5.42. The summed E-state index contributed by atoms with van der Waals surface area (Å²) < 4.78 is 5.57. The average molecular weight is 251 g/mol. The van der Waals surface area contributed by atoms with Gasteiger partial charge in [0.25, 0.3) is 0 Å². The fourth-order valence-corrected chi connectivity index (χ4v) is 1.71. The minimum atomic E-state index is -0.465. The van der Waals surface area contributed by atoms with Crippen LogP contribution < -0.4 is 5.73 Å². The van der Waals surface area contributed by atoms with Crippen molar-refractivity contribution in [2.45, 2.75) is 33.3 Å². The minimum absolute atomic E-state index is 0. The third kappa shape index (κ3) is 3.61. The zero-order valence-electron chi connectivity index (χ0n) is 10.6. The summed E-state index contributed by atoms with van der Waals surface area (Å²) >= 11 is 0. The van der Waals surface area contributed by atoms with Crippen LogP contribution in [0.2, 0.25) is 0 Å². The molecule has 1 saturated heterocycles. The smallest absolute Gasteiger partial charge is 0.229 e. The quantitative estimate of drug-likeness (QED) is 0.797. The second-order valence-corrected chi connectivity index (χ2v) is 5.42. The van der Waals surface area contributed by atoms with E-state index in [0.717, 1.165) is 0 Å². The van der Waals surface area contributed by atoms with E-state index < -0.39 is 5.41 Å². The highest BCUT2D eigenvalue weighted by Gasteiger charge is 2.36. The highest BCUT2D eigenvalue weighted by Crippen LogP contribution is 2.22. The SMILES string of the molecule is CC1(C)CN(C(=O)C(C)(C)CN)CCO1.Cl. The van der Waals surface area contributed by atoms with E-state index in [1.165, 1.54) is 0 Å². The van der Waals surface area contributed by atoms with Crippen molar-refractivity contribution in [1.82, 2.24) is 4.90 Å². The van der Waals surface area contributed by atoms with Crippen molar-refractivity contribution in [3.05, 3.63) is 0 Å². The van der Waals surface area contributed by atoms with Crippen LogP contribution in [0.4, 0.5) is 0 Å². The Morgan fingerprint density at radius 1 is 1.50 bits per heavy atom. The third-order valence-electron chi connectivity index (χ3n) is 2.80. The van der Waals surface area contributed by atoms with Gasteiger partial charge in [-0.15, -0.1) is 12.4 Å². The molecule has 0 aromatic rings. The first kappa shape index (κ1) is 15.7. The predicted molar refractivity (Wildman–Crippen MR) is 66.7 cm³/mol. The molecule has 96 valence electrons. The Kier molecular flexibility index (Phi) is 5.23. The van der Waals surface area contributed by atoms with Gasteiger partial charge in [0.1, 0.15) is 0 Å². The van der Waals surface area contributed by atoms with Gasteiger partial charge in [-0.25, -0.2) is 0 Å². The first-order chi connectivity index (χ1) is 6.78. The molecule has 0 atom stereocenters. The standard InChI is InChI=1S/C11H22N2O2.ClH/c1-10(2,7-12)9(14)13-5-6-15-11(3,4)8-13;/h5-8,12H2,1-4H3;1H. The van der Waals surface area contributed by atoms with E-state index in [4.69, 9.17) is 10.5 Å². The van der Waals surface area contributed by atoms with E-state index in [0.29, 0.717) is 26.2 Å². The lowest BCUT2D eigenvalue weighted by atomic mass is 9.91. The van der Waals surface area contributed by atoms with Crippen molar-refractivity contribution in [3.63, 3.8) is 0 Å². The Balaban J connectivity index is 0.00000225. The fourth-order valence-electron chi connectivity index (χ4n) is 1.71. The number of morpholine rings is 1. The summed E-state index contributed by atoms with van der Waals surface area (Å²) in [6.45, 7) is 10.1. The van der Waals surface area contributed by atoms with Gasteiger partial charge in [-0.3, -0.25) is 4.79 Å². The van der Waals surface area contributed by atoms with Gasteiger partial charge in [0.05, 0.1) is 17.6 Å². The molecule has 1 rings (SSSR count). The van der Waals surface area contributed by atoms with Crippen LogP contribution in [0.3, 0.4) is 0 Å². The molecule has 5 heteroatoms. The van der Waals surface area contributed by atoms with Crippen LogP contribution in [-0.2, 0) is 9.53 Å². The van der Waals surface area contributed by atoms with E-state index in [1.807, 2.05) is 32.6 Å². The lowest BCUT2D eigenvalue weighted by Crippen LogP contribution is -2.54. The zero-order valence-corrected chi connectivity index (χ0v) is 11.4. The molecule has 1 aliphatic heterocycles. The molecule has 0 unspecified atom stereocenters. The van der Waals surface area contributed by atoms with E-state index >= 15 is 0 Å². The molecular formula is C11H23ClN2O2. The van der Waals surface area contributed by atoms with Crippen LogP contribution in [0.15, 0.2) is 0 Å². The number of nitrogens with zero attached hydrogens (tertiary/aromatic N) is 1. The monoisotopic (exact) mass is 250 g/mol. The number of amides is 1. The van der Waals surface area contributed by atoms with Crippen LogP contribution in [0.5, 0.6) is 0 Å². The van der Waals surface area contributed by atoms with Gasteiger partial charge in [0.2, 0.25) is 5.91 Å². The number of rotatable bonds is 2. The van der Waals surface area contributed by atoms with E-state index in [2.05, 4.69) is 0 Å². The van der Waals surface area contributed by atoms with Gasteiger partial charge in [-0.2, -0.15) is 0 Å². The van der Waals surface area contributed by atoms with Gasteiger partial charge in [0, 0.05) is 19.6 Å². The van der Waals surface area contributed by atoms with Crippen LogP contribution in [0.25, 0.3) is 0 Å². The summed E-state index contributed by atoms with van der Waals surface area (Å²) in [5, 5.41) is 0. The minimum Gasteiger partial charge on any atom is -0.372 e. The normalized spacial score (nSPS) is 20.2. The molecule has 16 heavy (non-hydrogen) atoms. The number of ether oxygens (including phenoxy) is 1. The molecule has 0 saturated carbocycles. The Morgan fingerprint density at radius 3 is 2.50 bits per heavy atom. The van der Waals surface area contributed by atoms with E-state index in [-0.39, 0.29) is 23.9 Å². The van der Waals surface area contributed by atoms with Gasteiger partial charge in [-0.05, 0) is 27.7 Å². The van der Waals surface area contributed by atoms with Gasteiger partial charge in [-0.1, -0.05) is 0 Å². The maximum atomic E-state index is 12.1. The van der Waals surface area contributed by atoms with Crippen LogP contribution in [-0.4, -0.2) is 42.6 Å². The molecular weight excluding hydrogens is 228 g/mol. The molecule has 0 aromatic carbocycles. The molecule has 4 nitrogen and oxygen atoms in total. The van der Waals surface area contributed by atoms with Crippen molar-refractivity contribution >= 4 is 18.3 Å². The molecule has 1 amide bonds. The van der Waals surface area contributed by atoms with Gasteiger partial charge < -0.3 is 15.4 Å². The molecule has 1 fully saturated rings. The van der Waals surface area contributed by atoms with Crippen LogP contribution >= 0.6 is 12.4 Å². The number of hydrogen-bond acceptors (Lipinski definition) is 3. The van der Waals surface area contributed by atoms with Crippen molar-refractivity contribution < 1.29 is 9.53 Å². The summed E-state index contributed by atoms with van der Waals surface area (Å²) in [4.78, 5) is 14.0. The van der Waals surface area contributed by atoms with Gasteiger partial charge >= 0.3 is 0 Å². The van der Waals surface area contributed by atoms with Crippen LogP contribution in [0, 0.1) is 5.41 Å². The van der Waals surface area contributed by atoms with Crippen LogP contribution in [0.1, 0.15) is 27.7 Å². The molecule has 0 bridgehead atoms. The molecule has 2 N–H and O–H groups in total. The largest absolute Gasteiger partial charge is 0.372 e. The summed E-state index contributed by atoms with van der Waals surface area (Å²) in [6.07, 6.45) is 0.